The third kappa shape index (κ3) is 4.33. The molecule has 0 N–H and O–H groups in total. The standard InChI is InChI=1S/C24H22BrNO2/c1-16-19(8-5-9-20(16)18-6-3-2-4-7-18)12-23(27)22-13-24(21(25)14-26-22)28-15-17-10-11-17/h2-9,13-14,17H,10-12,15H2,1H3. The minimum atomic E-state index is -0.00270. The molecule has 4 heteroatoms. The van der Waals surface area contributed by atoms with Crippen LogP contribution in [0.3, 0.4) is 0 Å². The summed E-state index contributed by atoms with van der Waals surface area (Å²) in [6.07, 6.45) is 4.43. The van der Waals surface area contributed by atoms with Crippen molar-refractivity contribution in [3.8, 4) is 16.9 Å². The second kappa shape index (κ2) is 8.27. The Morgan fingerprint density at radius 3 is 2.68 bits per heavy atom. The zero-order valence-corrected chi connectivity index (χ0v) is 17.4. The summed E-state index contributed by atoms with van der Waals surface area (Å²) in [5.41, 5.74) is 4.91. The van der Waals surface area contributed by atoms with Gasteiger partial charge in [0.1, 0.15) is 11.4 Å². The van der Waals surface area contributed by atoms with Gasteiger partial charge in [0.15, 0.2) is 5.78 Å². The van der Waals surface area contributed by atoms with Crippen LogP contribution in [-0.4, -0.2) is 17.4 Å². The highest BCUT2D eigenvalue weighted by Gasteiger charge is 2.23. The Labute approximate surface area is 173 Å². The van der Waals surface area contributed by atoms with Gasteiger partial charge in [0.2, 0.25) is 0 Å². The number of hydrogen-bond donors (Lipinski definition) is 0. The fraction of sp³-hybridized carbons (Fsp3) is 0.250. The maximum absolute atomic E-state index is 12.9. The predicted octanol–water partition coefficient (Wildman–Crippen LogP) is 6.03. The minimum Gasteiger partial charge on any atom is -0.492 e. The first-order valence-corrected chi connectivity index (χ1v) is 10.4. The molecule has 0 atom stereocenters. The van der Waals surface area contributed by atoms with Gasteiger partial charge in [0.25, 0.3) is 0 Å². The summed E-state index contributed by atoms with van der Waals surface area (Å²) in [7, 11) is 0. The lowest BCUT2D eigenvalue weighted by atomic mass is 9.93. The number of aromatic nitrogens is 1. The van der Waals surface area contributed by atoms with E-state index in [2.05, 4.69) is 46.0 Å². The summed E-state index contributed by atoms with van der Waals surface area (Å²) in [6, 6.07) is 18.1. The SMILES string of the molecule is Cc1c(CC(=O)c2cc(OCC3CC3)c(Br)cn2)cccc1-c1ccccc1. The highest BCUT2D eigenvalue weighted by molar-refractivity contribution is 9.10. The van der Waals surface area contributed by atoms with E-state index >= 15 is 0 Å². The maximum Gasteiger partial charge on any atom is 0.185 e. The van der Waals surface area contributed by atoms with Gasteiger partial charge in [-0.2, -0.15) is 0 Å². The summed E-state index contributed by atoms with van der Waals surface area (Å²) in [4.78, 5) is 17.2. The molecule has 3 aromatic rings. The lowest BCUT2D eigenvalue weighted by Crippen LogP contribution is -2.09. The number of nitrogens with zero attached hydrogens (tertiary/aromatic N) is 1. The molecule has 1 aliphatic carbocycles. The van der Waals surface area contributed by atoms with Gasteiger partial charge < -0.3 is 4.74 Å². The number of carbonyl (C=O) groups is 1. The van der Waals surface area contributed by atoms with Gasteiger partial charge in [0, 0.05) is 18.7 Å². The average Bonchev–Trinajstić information content (AvgIpc) is 3.54. The maximum atomic E-state index is 12.9. The molecule has 0 spiro atoms. The largest absolute Gasteiger partial charge is 0.492 e. The first kappa shape index (κ1) is 18.9. The molecule has 1 heterocycles. The summed E-state index contributed by atoms with van der Waals surface area (Å²) in [6.45, 7) is 2.78. The van der Waals surface area contributed by atoms with Gasteiger partial charge in [-0.3, -0.25) is 9.78 Å². The van der Waals surface area contributed by atoms with Crippen LogP contribution < -0.4 is 4.74 Å². The van der Waals surface area contributed by atoms with Crippen LogP contribution in [0.15, 0.2) is 65.3 Å². The number of ether oxygens (including phenoxy) is 1. The van der Waals surface area contributed by atoms with Crippen molar-refractivity contribution >= 4 is 21.7 Å². The molecule has 0 unspecified atom stereocenters. The van der Waals surface area contributed by atoms with Crippen LogP contribution in [-0.2, 0) is 6.42 Å². The Morgan fingerprint density at radius 2 is 1.93 bits per heavy atom. The molecule has 0 bridgehead atoms. The van der Waals surface area contributed by atoms with E-state index in [1.165, 1.54) is 12.8 Å². The number of carbonyl (C=O) groups excluding carboxylic acids is 1. The van der Waals surface area contributed by atoms with Gasteiger partial charge in [-0.15, -0.1) is 0 Å². The zero-order valence-electron chi connectivity index (χ0n) is 15.8. The first-order valence-electron chi connectivity index (χ1n) is 9.57. The zero-order chi connectivity index (χ0) is 19.5. The number of hydrogen-bond acceptors (Lipinski definition) is 3. The Bertz CT molecular complexity index is 997. The molecule has 1 aliphatic rings. The van der Waals surface area contributed by atoms with Gasteiger partial charge in [-0.1, -0.05) is 48.5 Å². The summed E-state index contributed by atoms with van der Waals surface area (Å²) >= 11 is 3.47. The minimum absolute atomic E-state index is 0.00270. The molecule has 2 aromatic carbocycles. The van der Waals surface area contributed by atoms with Crippen LogP contribution in [0.2, 0.25) is 0 Å². The van der Waals surface area contributed by atoms with E-state index in [0.717, 1.165) is 26.7 Å². The lowest BCUT2D eigenvalue weighted by Gasteiger charge is -2.12. The van der Waals surface area contributed by atoms with E-state index < -0.39 is 0 Å². The fourth-order valence-electron chi connectivity index (χ4n) is 3.24. The van der Waals surface area contributed by atoms with Gasteiger partial charge in [-0.25, -0.2) is 0 Å². The van der Waals surface area contributed by atoms with E-state index in [4.69, 9.17) is 4.74 Å². The molecule has 1 saturated carbocycles. The number of halogens is 1. The predicted molar refractivity (Wildman–Crippen MR) is 115 cm³/mol. The Kier molecular flexibility index (Phi) is 5.58. The van der Waals surface area contributed by atoms with Crippen LogP contribution >= 0.6 is 15.9 Å². The van der Waals surface area contributed by atoms with Crippen molar-refractivity contribution in [3.05, 3.63) is 82.1 Å². The molecule has 3 nitrogen and oxygen atoms in total. The third-order valence-corrected chi connectivity index (χ3v) is 5.75. The molecule has 142 valence electrons. The molecule has 4 rings (SSSR count). The van der Waals surface area contributed by atoms with Crippen molar-refractivity contribution < 1.29 is 9.53 Å². The summed E-state index contributed by atoms with van der Waals surface area (Å²) in [5, 5.41) is 0. The molecular formula is C24H22BrNO2. The van der Waals surface area contributed by atoms with Crippen molar-refractivity contribution in [2.45, 2.75) is 26.2 Å². The molecule has 0 saturated heterocycles. The normalized spacial score (nSPS) is 13.4. The Hall–Kier alpha value is -2.46. The van der Waals surface area contributed by atoms with E-state index in [9.17, 15) is 4.79 Å². The summed E-state index contributed by atoms with van der Waals surface area (Å²) < 4.78 is 6.65. The monoisotopic (exact) mass is 435 g/mol. The third-order valence-electron chi connectivity index (χ3n) is 5.16. The van der Waals surface area contributed by atoms with Crippen LogP contribution in [0.5, 0.6) is 5.75 Å². The van der Waals surface area contributed by atoms with Crippen molar-refractivity contribution in [1.82, 2.24) is 4.98 Å². The Balaban J connectivity index is 1.54. The first-order chi connectivity index (χ1) is 13.6. The number of benzene rings is 2. The van der Waals surface area contributed by atoms with Crippen molar-refractivity contribution in [3.63, 3.8) is 0 Å². The van der Waals surface area contributed by atoms with Crippen LogP contribution in [0.1, 0.15) is 34.5 Å². The van der Waals surface area contributed by atoms with Crippen molar-refractivity contribution in [1.29, 1.82) is 0 Å². The molecule has 0 aliphatic heterocycles. The number of Topliss-reactive ketones (excluding diaryl/α,β-unsaturated/α-hetero) is 1. The molecule has 0 radical (unpaired) electrons. The van der Waals surface area contributed by atoms with Gasteiger partial charge in [-0.05, 0) is 63.9 Å². The van der Waals surface area contributed by atoms with Crippen molar-refractivity contribution in [2.24, 2.45) is 5.92 Å². The second-order valence-electron chi connectivity index (χ2n) is 7.31. The highest BCUT2D eigenvalue weighted by Crippen LogP contribution is 2.32. The smallest absolute Gasteiger partial charge is 0.185 e. The van der Waals surface area contributed by atoms with Gasteiger partial charge >= 0.3 is 0 Å². The number of pyridine rings is 1. The van der Waals surface area contributed by atoms with E-state index in [1.807, 2.05) is 30.3 Å². The van der Waals surface area contributed by atoms with E-state index in [-0.39, 0.29) is 5.78 Å². The lowest BCUT2D eigenvalue weighted by molar-refractivity contribution is 0.0987. The number of ketones is 1. The Morgan fingerprint density at radius 1 is 1.14 bits per heavy atom. The molecular weight excluding hydrogens is 414 g/mol. The summed E-state index contributed by atoms with van der Waals surface area (Å²) in [5.74, 6) is 1.35. The van der Waals surface area contributed by atoms with Crippen molar-refractivity contribution in [2.75, 3.05) is 6.61 Å². The highest BCUT2D eigenvalue weighted by atomic mass is 79.9. The second-order valence-corrected chi connectivity index (χ2v) is 8.16. The van der Waals surface area contributed by atoms with Crippen LogP contribution in [0, 0.1) is 12.8 Å². The van der Waals surface area contributed by atoms with E-state index in [0.29, 0.717) is 30.4 Å². The van der Waals surface area contributed by atoms with Crippen LogP contribution in [0.4, 0.5) is 0 Å². The van der Waals surface area contributed by atoms with E-state index in [1.54, 1.807) is 12.3 Å². The average molecular weight is 436 g/mol. The van der Waals surface area contributed by atoms with Crippen LogP contribution in [0.25, 0.3) is 11.1 Å². The quantitative estimate of drug-likeness (QED) is 0.425. The molecule has 28 heavy (non-hydrogen) atoms. The number of rotatable bonds is 7. The molecule has 1 fully saturated rings. The molecule has 1 aromatic heterocycles. The van der Waals surface area contributed by atoms with Gasteiger partial charge in [0.05, 0.1) is 11.1 Å². The topological polar surface area (TPSA) is 39.2 Å². The fourth-order valence-corrected chi connectivity index (χ4v) is 3.58. The molecule has 0 amide bonds.